The second-order valence-corrected chi connectivity index (χ2v) is 9.25. The first-order valence-corrected chi connectivity index (χ1v) is 13.9. The second kappa shape index (κ2) is 22.2. The van der Waals surface area contributed by atoms with Crippen molar-refractivity contribution in [3.05, 3.63) is 35.9 Å². The molecule has 1 atom stereocenters. The standard InChI is InChI=1S/C29H48N2O8/c1-3-4-5-6-7-8-9-25(29(34)35)23-28(33)39-21-20-38-19-18-37-16-13-31(12-15-36-17-14-32)26-10-11-27(30)24(2)22-26/h7-8,10-11,22,25,32H,3-6,9,12-21,23,30H2,1-2H3,(H,34,35)/b8-7+. The van der Waals surface area contributed by atoms with Gasteiger partial charge < -0.3 is 39.8 Å². The number of aryl methyl sites for hydroxylation is 1. The van der Waals surface area contributed by atoms with Crippen LogP contribution >= 0.6 is 0 Å². The van der Waals surface area contributed by atoms with Gasteiger partial charge in [-0.3, -0.25) is 9.59 Å². The molecule has 0 amide bonds. The van der Waals surface area contributed by atoms with E-state index in [0.717, 1.165) is 42.6 Å². The molecule has 0 saturated carbocycles. The van der Waals surface area contributed by atoms with Crippen molar-refractivity contribution in [3.63, 3.8) is 0 Å². The average molecular weight is 553 g/mol. The van der Waals surface area contributed by atoms with Crippen molar-refractivity contribution >= 4 is 23.3 Å². The summed E-state index contributed by atoms with van der Waals surface area (Å²) in [5.41, 5.74) is 8.69. The summed E-state index contributed by atoms with van der Waals surface area (Å²) in [5, 5.41) is 18.3. The zero-order valence-electron chi connectivity index (χ0n) is 23.6. The van der Waals surface area contributed by atoms with Crippen LogP contribution in [0, 0.1) is 12.8 Å². The number of aliphatic hydroxyl groups is 1. The molecule has 0 aliphatic rings. The number of anilines is 2. The highest BCUT2D eigenvalue weighted by molar-refractivity contribution is 5.78. The van der Waals surface area contributed by atoms with E-state index in [2.05, 4.69) is 11.8 Å². The third kappa shape index (κ3) is 16.8. The number of carbonyl (C=O) groups is 2. The monoisotopic (exact) mass is 552 g/mol. The van der Waals surface area contributed by atoms with Crippen LogP contribution in [-0.2, 0) is 28.5 Å². The maximum absolute atomic E-state index is 12.0. The highest BCUT2D eigenvalue weighted by atomic mass is 16.6. The van der Waals surface area contributed by atoms with Crippen molar-refractivity contribution in [3.8, 4) is 0 Å². The van der Waals surface area contributed by atoms with Crippen molar-refractivity contribution in [1.82, 2.24) is 0 Å². The van der Waals surface area contributed by atoms with Crippen LogP contribution in [0.4, 0.5) is 11.4 Å². The number of carbonyl (C=O) groups excluding carboxylic acids is 1. The normalized spacial score (nSPS) is 12.1. The van der Waals surface area contributed by atoms with Gasteiger partial charge in [0.25, 0.3) is 0 Å². The van der Waals surface area contributed by atoms with Gasteiger partial charge in [0, 0.05) is 24.5 Å². The molecule has 0 saturated heterocycles. The summed E-state index contributed by atoms with van der Waals surface area (Å²) in [4.78, 5) is 25.6. The molecular formula is C29H48N2O8. The molecule has 0 heterocycles. The number of rotatable bonds is 24. The molecule has 0 bridgehead atoms. The number of ether oxygens (including phenoxy) is 4. The molecule has 0 fully saturated rings. The fourth-order valence-electron chi connectivity index (χ4n) is 3.70. The zero-order chi connectivity index (χ0) is 28.7. The van der Waals surface area contributed by atoms with E-state index < -0.39 is 17.9 Å². The number of allylic oxidation sites excluding steroid dienone is 2. The van der Waals surface area contributed by atoms with Gasteiger partial charge in [-0.15, -0.1) is 0 Å². The van der Waals surface area contributed by atoms with Gasteiger partial charge in [0.2, 0.25) is 0 Å². The topological polar surface area (TPSA) is 141 Å². The summed E-state index contributed by atoms with van der Waals surface area (Å²) in [7, 11) is 0. The fraction of sp³-hybridized carbons (Fsp3) is 0.655. The lowest BCUT2D eigenvalue weighted by atomic mass is 10.0. The van der Waals surface area contributed by atoms with E-state index >= 15 is 0 Å². The Labute approximate surface area is 233 Å². The summed E-state index contributed by atoms with van der Waals surface area (Å²) in [6.07, 6.45) is 8.28. The molecule has 0 aromatic heterocycles. The number of benzene rings is 1. The van der Waals surface area contributed by atoms with Crippen molar-refractivity contribution < 1.29 is 38.7 Å². The number of aliphatic hydroxyl groups excluding tert-OH is 1. The number of nitrogens with zero attached hydrogens (tertiary/aromatic N) is 1. The lowest BCUT2D eigenvalue weighted by Gasteiger charge is -2.25. The van der Waals surface area contributed by atoms with Crippen LogP contribution in [0.2, 0.25) is 0 Å². The van der Waals surface area contributed by atoms with E-state index in [1.165, 1.54) is 0 Å². The highest BCUT2D eigenvalue weighted by Crippen LogP contribution is 2.20. The first-order valence-electron chi connectivity index (χ1n) is 13.9. The maximum Gasteiger partial charge on any atom is 0.307 e. The van der Waals surface area contributed by atoms with Crippen molar-refractivity contribution in [2.45, 2.75) is 52.4 Å². The molecule has 0 spiro atoms. The van der Waals surface area contributed by atoms with E-state index in [0.29, 0.717) is 52.5 Å². The smallest absolute Gasteiger partial charge is 0.307 e. The number of nitrogens with two attached hydrogens (primary N) is 1. The summed E-state index contributed by atoms with van der Waals surface area (Å²) in [6.45, 7) is 7.64. The van der Waals surface area contributed by atoms with E-state index in [-0.39, 0.29) is 26.2 Å². The number of carboxylic acids is 1. The Morgan fingerprint density at radius 3 is 2.28 bits per heavy atom. The van der Waals surface area contributed by atoms with Crippen LogP contribution in [0.1, 0.15) is 51.0 Å². The Bertz CT molecular complexity index is 834. The molecule has 1 rings (SSSR count). The quantitative estimate of drug-likeness (QED) is 0.0754. The Morgan fingerprint density at radius 1 is 0.974 bits per heavy atom. The summed E-state index contributed by atoms with van der Waals surface area (Å²) >= 11 is 0. The van der Waals surface area contributed by atoms with Crippen LogP contribution in [-0.4, -0.2) is 88.1 Å². The van der Waals surface area contributed by atoms with Gasteiger partial charge in [0.15, 0.2) is 0 Å². The van der Waals surface area contributed by atoms with E-state index in [1.54, 1.807) is 0 Å². The van der Waals surface area contributed by atoms with Gasteiger partial charge >= 0.3 is 11.9 Å². The van der Waals surface area contributed by atoms with Crippen molar-refractivity contribution in [2.24, 2.45) is 5.92 Å². The number of nitrogen functional groups attached to an aromatic ring is 1. The summed E-state index contributed by atoms with van der Waals surface area (Å²) in [5.74, 6) is -2.32. The summed E-state index contributed by atoms with van der Waals surface area (Å²) in [6, 6.07) is 5.86. The first-order chi connectivity index (χ1) is 18.9. The molecule has 10 nitrogen and oxygen atoms in total. The number of unbranched alkanes of at least 4 members (excludes halogenated alkanes) is 3. The molecule has 0 aliphatic heterocycles. The van der Waals surface area contributed by atoms with Crippen molar-refractivity contribution in [1.29, 1.82) is 0 Å². The molecule has 1 aromatic carbocycles. The Hall–Kier alpha value is -2.66. The SMILES string of the molecule is CCCCC/C=C/CC(CC(=O)OCCOCCOCCN(CCOCCO)c1ccc(N)c(C)c1)C(=O)O. The minimum absolute atomic E-state index is 0.0109. The van der Waals surface area contributed by atoms with Gasteiger partial charge in [-0.25, -0.2) is 0 Å². The number of hydrogen-bond acceptors (Lipinski definition) is 9. The van der Waals surface area contributed by atoms with Gasteiger partial charge in [0.05, 0.1) is 58.6 Å². The molecule has 4 N–H and O–H groups in total. The number of aliphatic carboxylic acids is 1. The van der Waals surface area contributed by atoms with E-state index in [1.807, 2.05) is 37.3 Å². The van der Waals surface area contributed by atoms with Gasteiger partial charge in [0.1, 0.15) is 6.61 Å². The van der Waals surface area contributed by atoms with Crippen LogP contribution in [0.15, 0.2) is 30.4 Å². The van der Waals surface area contributed by atoms with Gasteiger partial charge in [-0.2, -0.15) is 0 Å². The van der Waals surface area contributed by atoms with Crippen LogP contribution in [0.25, 0.3) is 0 Å². The van der Waals surface area contributed by atoms with Crippen molar-refractivity contribution in [2.75, 3.05) is 76.6 Å². The minimum Gasteiger partial charge on any atom is -0.481 e. The Kier molecular flexibility index (Phi) is 19.6. The molecule has 39 heavy (non-hydrogen) atoms. The third-order valence-electron chi connectivity index (χ3n) is 6.05. The number of carboxylic acid groups (broad SMARTS) is 1. The third-order valence-corrected chi connectivity index (χ3v) is 6.05. The minimum atomic E-state index is -0.999. The zero-order valence-corrected chi connectivity index (χ0v) is 23.6. The first kappa shape index (κ1) is 34.4. The molecule has 10 heteroatoms. The lowest BCUT2D eigenvalue weighted by Crippen LogP contribution is -2.31. The predicted molar refractivity (Wildman–Crippen MR) is 152 cm³/mol. The highest BCUT2D eigenvalue weighted by Gasteiger charge is 2.20. The summed E-state index contributed by atoms with van der Waals surface area (Å²) < 4.78 is 21.7. The fourth-order valence-corrected chi connectivity index (χ4v) is 3.70. The van der Waals surface area contributed by atoms with Crippen LogP contribution in [0.5, 0.6) is 0 Å². The number of esters is 1. The predicted octanol–water partition coefficient (Wildman–Crippen LogP) is 3.59. The van der Waals surface area contributed by atoms with Gasteiger partial charge in [-0.05, 0) is 49.9 Å². The number of hydrogen-bond donors (Lipinski definition) is 3. The second-order valence-electron chi connectivity index (χ2n) is 9.25. The molecule has 0 aliphatic carbocycles. The average Bonchev–Trinajstić information content (AvgIpc) is 2.91. The van der Waals surface area contributed by atoms with E-state index in [9.17, 15) is 14.7 Å². The Balaban J connectivity index is 2.22. The van der Waals surface area contributed by atoms with Crippen LogP contribution < -0.4 is 10.6 Å². The molecular weight excluding hydrogens is 504 g/mol. The Morgan fingerprint density at radius 2 is 1.64 bits per heavy atom. The molecule has 1 unspecified atom stereocenters. The molecule has 1 aromatic rings. The van der Waals surface area contributed by atoms with Crippen LogP contribution in [0.3, 0.4) is 0 Å². The van der Waals surface area contributed by atoms with E-state index in [4.69, 9.17) is 29.8 Å². The molecule has 222 valence electrons. The maximum atomic E-state index is 12.0. The largest absolute Gasteiger partial charge is 0.481 e. The molecule has 0 radical (unpaired) electrons. The van der Waals surface area contributed by atoms with Gasteiger partial charge in [-0.1, -0.05) is 31.9 Å². The lowest BCUT2D eigenvalue weighted by molar-refractivity contribution is -0.152.